The monoisotopic (exact) mass is 324 g/mol. The molecule has 1 rings (SSSR count). The van der Waals surface area contributed by atoms with Crippen molar-refractivity contribution < 1.29 is 9.53 Å². The van der Waals surface area contributed by atoms with Crippen LogP contribution in [0.15, 0.2) is 22.7 Å². The van der Waals surface area contributed by atoms with Gasteiger partial charge in [-0.2, -0.15) is 5.26 Å². The highest BCUT2D eigenvalue weighted by atomic mass is 79.9. The van der Waals surface area contributed by atoms with Crippen molar-refractivity contribution in [3.8, 4) is 11.8 Å². The Hall–Kier alpha value is -1.54. The van der Waals surface area contributed by atoms with E-state index < -0.39 is 0 Å². The molecule has 0 fully saturated rings. The summed E-state index contributed by atoms with van der Waals surface area (Å²) >= 11 is 3.40. The molecule has 0 saturated carbocycles. The highest BCUT2D eigenvalue weighted by molar-refractivity contribution is 9.10. The van der Waals surface area contributed by atoms with Crippen molar-refractivity contribution in [1.29, 1.82) is 5.26 Å². The van der Waals surface area contributed by atoms with Crippen LogP contribution in [0.25, 0.3) is 0 Å². The maximum Gasteiger partial charge on any atom is 0.220 e. The smallest absolute Gasteiger partial charge is 0.220 e. The molecule has 0 heterocycles. The number of nitrogens with one attached hydrogen (secondary N) is 1. The van der Waals surface area contributed by atoms with Crippen LogP contribution in [0.1, 0.15) is 18.9 Å². The van der Waals surface area contributed by atoms with Crippen molar-refractivity contribution in [2.75, 3.05) is 13.7 Å². The molecule has 1 N–H and O–H groups in total. The minimum atomic E-state index is -0.163. The molecule has 1 atom stereocenters. The lowest BCUT2D eigenvalue weighted by Gasteiger charge is -2.09. The van der Waals surface area contributed by atoms with Gasteiger partial charge in [0.1, 0.15) is 5.75 Å². The van der Waals surface area contributed by atoms with Crippen LogP contribution in [0.3, 0.4) is 0 Å². The second kappa shape index (κ2) is 7.80. The number of halogens is 1. The van der Waals surface area contributed by atoms with E-state index in [2.05, 4.69) is 27.3 Å². The minimum absolute atomic E-state index is 0.0517. The van der Waals surface area contributed by atoms with Crippen LogP contribution in [0, 0.1) is 17.2 Å². The summed E-state index contributed by atoms with van der Waals surface area (Å²) in [5.74, 6) is 0.565. The molecule has 1 aromatic rings. The van der Waals surface area contributed by atoms with Gasteiger partial charge in [0.05, 0.1) is 19.1 Å². The van der Waals surface area contributed by atoms with Crippen molar-refractivity contribution in [3.05, 3.63) is 28.2 Å². The van der Waals surface area contributed by atoms with Gasteiger partial charge in [-0.25, -0.2) is 0 Å². The van der Waals surface area contributed by atoms with E-state index in [1.807, 2.05) is 18.2 Å². The van der Waals surface area contributed by atoms with Gasteiger partial charge in [-0.3, -0.25) is 4.79 Å². The lowest BCUT2D eigenvalue weighted by molar-refractivity contribution is -0.121. The third-order valence-corrected chi connectivity index (χ3v) is 3.18. The highest BCUT2D eigenvalue weighted by Crippen LogP contribution is 2.24. The molecule has 0 bridgehead atoms. The molecule has 0 spiro atoms. The van der Waals surface area contributed by atoms with Crippen LogP contribution in [-0.2, 0) is 11.2 Å². The number of benzene rings is 1. The molecule has 0 aromatic heterocycles. The molecule has 5 heteroatoms. The van der Waals surface area contributed by atoms with E-state index in [9.17, 15) is 4.79 Å². The first-order valence-corrected chi connectivity index (χ1v) is 6.85. The van der Waals surface area contributed by atoms with Crippen molar-refractivity contribution in [3.63, 3.8) is 0 Å². The fourth-order valence-electron chi connectivity index (χ4n) is 1.59. The quantitative estimate of drug-likeness (QED) is 0.875. The molecule has 4 nitrogen and oxygen atoms in total. The Balaban J connectivity index is 2.50. The number of carbonyl (C=O) groups is 1. The molecule has 0 unspecified atom stereocenters. The summed E-state index contributed by atoms with van der Waals surface area (Å²) in [6, 6.07) is 7.80. The van der Waals surface area contributed by atoms with Crippen molar-refractivity contribution in [2.45, 2.75) is 19.8 Å². The molecule has 0 radical (unpaired) electrons. The van der Waals surface area contributed by atoms with Crippen LogP contribution in [0.2, 0.25) is 0 Å². The average Bonchev–Trinajstić information content (AvgIpc) is 2.42. The lowest BCUT2D eigenvalue weighted by atomic mass is 10.1. The van der Waals surface area contributed by atoms with E-state index in [1.165, 1.54) is 0 Å². The maximum atomic E-state index is 11.6. The third-order valence-electron chi connectivity index (χ3n) is 2.69. The number of hydrogen-bond donors (Lipinski definition) is 1. The Bertz CT molecular complexity index is 483. The SMILES string of the molecule is COc1ccc(Br)cc1CCC(=O)NC[C@@H](C)C#N. The van der Waals surface area contributed by atoms with Crippen LogP contribution in [0.4, 0.5) is 0 Å². The van der Waals surface area contributed by atoms with Gasteiger partial charge in [0, 0.05) is 17.4 Å². The van der Waals surface area contributed by atoms with Crippen LogP contribution in [-0.4, -0.2) is 19.6 Å². The van der Waals surface area contributed by atoms with Crippen molar-refractivity contribution in [2.24, 2.45) is 5.92 Å². The first-order chi connectivity index (χ1) is 9.06. The van der Waals surface area contributed by atoms with Gasteiger partial charge in [0.2, 0.25) is 5.91 Å². The number of rotatable bonds is 6. The molecule has 1 aromatic carbocycles. The van der Waals surface area contributed by atoms with Gasteiger partial charge in [-0.05, 0) is 37.1 Å². The van der Waals surface area contributed by atoms with Gasteiger partial charge < -0.3 is 10.1 Å². The molecule has 0 aliphatic heterocycles. The van der Waals surface area contributed by atoms with E-state index in [0.717, 1.165) is 15.8 Å². The second-order valence-corrected chi connectivity index (χ2v) is 5.21. The van der Waals surface area contributed by atoms with E-state index in [-0.39, 0.29) is 11.8 Å². The molecular formula is C14H17BrN2O2. The zero-order chi connectivity index (χ0) is 14.3. The molecule has 0 aliphatic rings. The summed E-state index contributed by atoms with van der Waals surface area (Å²) in [7, 11) is 1.61. The molecule has 19 heavy (non-hydrogen) atoms. The summed E-state index contributed by atoms with van der Waals surface area (Å²) in [6.45, 7) is 2.17. The standard InChI is InChI=1S/C14H17BrN2O2/c1-10(8-16)9-17-14(18)6-3-11-7-12(15)4-5-13(11)19-2/h4-5,7,10H,3,6,9H2,1-2H3,(H,17,18)/t10-/m0/s1. The lowest BCUT2D eigenvalue weighted by Crippen LogP contribution is -2.27. The zero-order valence-corrected chi connectivity index (χ0v) is 12.7. The summed E-state index contributed by atoms with van der Waals surface area (Å²) in [5, 5.41) is 11.4. The average molecular weight is 325 g/mol. The van der Waals surface area contributed by atoms with Crippen LogP contribution in [0.5, 0.6) is 5.75 Å². The summed E-state index contributed by atoms with van der Waals surface area (Å²) in [6.07, 6.45) is 0.986. The molecule has 0 saturated heterocycles. The molecule has 1 amide bonds. The number of hydrogen-bond acceptors (Lipinski definition) is 3. The van der Waals surface area contributed by atoms with Gasteiger partial charge in [0.25, 0.3) is 0 Å². The number of carbonyl (C=O) groups excluding carboxylic acids is 1. The summed E-state index contributed by atoms with van der Waals surface area (Å²) < 4.78 is 6.21. The Morgan fingerprint density at radius 3 is 2.95 bits per heavy atom. The zero-order valence-electron chi connectivity index (χ0n) is 11.1. The predicted molar refractivity (Wildman–Crippen MR) is 76.8 cm³/mol. The molecule has 102 valence electrons. The Morgan fingerprint density at radius 1 is 1.58 bits per heavy atom. The topological polar surface area (TPSA) is 62.1 Å². The van der Waals surface area contributed by atoms with E-state index >= 15 is 0 Å². The molecular weight excluding hydrogens is 308 g/mol. The Morgan fingerprint density at radius 2 is 2.32 bits per heavy atom. The first kappa shape index (κ1) is 15.5. The number of nitriles is 1. The van der Waals surface area contributed by atoms with Gasteiger partial charge in [-0.1, -0.05) is 15.9 Å². The maximum absolute atomic E-state index is 11.6. The third kappa shape index (κ3) is 5.31. The van der Waals surface area contributed by atoms with Gasteiger partial charge >= 0.3 is 0 Å². The fraction of sp³-hybridized carbons (Fsp3) is 0.429. The van der Waals surface area contributed by atoms with Crippen LogP contribution >= 0.6 is 15.9 Å². The highest BCUT2D eigenvalue weighted by Gasteiger charge is 2.08. The van der Waals surface area contributed by atoms with E-state index in [4.69, 9.17) is 10.00 Å². The van der Waals surface area contributed by atoms with E-state index in [0.29, 0.717) is 19.4 Å². The molecule has 0 aliphatic carbocycles. The minimum Gasteiger partial charge on any atom is -0.496 e. The number of methoxy groups -OCH3 is 1. The summed E-state index contributed by atoms with van der Waals surface area (Å²) in [4.78, 5) is 11.6. The summed E-state index contributed by atoms with van der Waals surface area (Å²) in [5.41, 5.74) is 0.986. The number of amides is 1. The first-order valence-electron chi connectivity index (χ1n) is 6.05. The Kier molecular flexibility index (Phi) is 6.37. The largest absolute Gasteiger partial charge is 0.496 e. The van der Waals surface area contributed by atoms with Crippen molar-refractivity contribution >= 4 is 21.8 Å². The second-order valence-electron chi connectivity index (χ2n) is 4.29. The Labute approximate surface area is 121 Å². The van der Waals surface area contributed by atoms with E-state index in [1.54, 1.807) is 14.0 Å². The van der Waals surface area contributed by atoms with Gasteiger partial charge in [-0.15, -0.1) is 0 Å². The fourth-order valence-corrected chi connectivity index (χ4v) is 2.00. The van der Waals surface area contributed by atoms with Crippen LogP contribution < -0.4 is 10.1 Å². The predicted octanol–water partition coefficient (Wildman–Crippen LogP) is 2.67. The normalized spacial score (nSPS) is 11.5. The van der Waals surface area contributed by atoms with Crippen molar-refractivity contribution in [1.82, 2.24) is 5.32 Å². The number of nitrogens with zero attached hydrogens (tertiary/aromatic N) is 1. The van der Waals surface area contributed by atoms with Gasteiger partial charge in [0.15, 0.2) is 0 Å². The number of ether oxygens (including phenoxy) is 1. The number of aryl methyl sites for hydroxylation is 1.